The molecule has 0 spiro atoms. The van der Waals surface area contributed by atoms with Gasteiger partial charge < -0.3 is 15.2 Å². The molecule has 0 radical (unpaired) electrons. The van der Waals surface area contributed by atoms with Gasteiger partial charge in [0.05, 0.1) is 17.0 Å². The zero-order valence-corrected chi connectivity index (χ0v) is 16.2. The van der Waals surface area contributed by atoms with Crippen LogP contribution in [0.1, 0.15) is 56.7 Å². The average molecular weight is 380 g/mol. The maximum Gasteiger partial charge on any atom is 0.226 e. The topological polar surface area (TPSA) is 78.1 Å². The Morgan fingerprint density at radius 2 is 1.86 bits per heavy atom. The summed E-state index contributed by atoms with van der Waals surface area (Å²) in [5.74, 6) is 1.87. The van der Waals surface area contributed by atoms with E-state index in [1.807, 2.05) is 23.1 Å². The van der Waals surface area contributed by atoms with Gasteiger partial charge in [0.25, 0.3) is 0 Å². The molecule has 3 aliphatic rings. The van der Waals surface area contributed by atoms with E-state index in [1.54, 1.807) is 0 Å². The van der Waals surface area contributed by atoms with Crippen LogP contribution in [0.2, 0.25) is 0 Å². The monoisotopic (exact) mass is 380 g/mol. The number of benzene rings is 1. The lowest BCUT2D eigenvalue weighted by atomic mass is 9.72. The smallest absolute Gasteiger partial charge is 0.226 e. The number of likely N-dealkylation sites (tertiary alicyclic amines) is 1. The summed E-state index contributed by atoms with van der Waals surface area (Å²) >= 11 is 0. The molecule has 1 aromatic heterocycles. The number of para-hydroxylation sites is 2. The lowest BCUT2D eigenvalue weighted by Gasteiger charge is -2.43. The number of rotatable bonds is 2. The highest BCUT2D eigenvalue weighted by Crippen LogP contribution is 2.37. The number of aromatic amines is 1. The Morgan fingerprint density at radius 1 is 1.07 bits per heavy atom. The van der Waals surface area contributed by atoms with Crippen LogP contribution in [0, 0.1) is 11.8 Å². The van der Waals surface area contributed by atoms with Crippen molar-refractivity contribution in [2.24, 2.45) is 11.8 Å². The largest absolute Gasteiger partial charge is 0.353 e. The van der Waals surface area contributed by atoms with Gasteiger partial charge in [0.15, 0.2) is 0 Å². The van der Waals surface area contributed by atoms with Crippen molar-refractivity contribution in [3.63, 3.8) is 0 Å². The van der Waals surface area contributed by atoms with Crippen molar-refractivity contribution in [3.8, 4) is 0 Å². The standard InChI is InChI=1S/C22H28N4O2/c27-20-13-16(15-5-1-2-6-17(15)23-20)22(28)26-11-9-14(10-12-26)21-24-18-7-3-4-8-19(18)25-21/h3-4,7-8,14-17H,1-2,5-6,9-13H2,(H,23,27)(H,24,25). The summed E-state index contributed by atoms with van der Waals surface area (Å²) in [6.45, 7) is 1.52. The predicted molar refractivity (Wildman–Crippen MR) is 107 cm³/mol. The van der Waals surface area contributed by atoms with Crippen molar-refractivity contribution in [3.05, 3.63) is 30.1 Å². The van der Waals surface area contributed by atoms with E-state index in [-0.39, 0.29) is 23.8 Å². The lowest BCUT2D eigenvalue weighted by Crippen LogP contribution is -2.55. The molecule has 6 nitrogen and oxygen atoms in total. The van der Waals surface area contributed by atoms with Crippen molar-refractivity contribution in [2.45, 2.75) is 56.9 Å². The number of carbonyl (C=O) groups excluding carboxylic acids is 2. The van der Waals surface area contributed by atoms with E-state index in [4.69, 9.17) is 4.98 Å². The summed E-state index contributed by atoms with van der Waals surface area (Å²) in [7, 11) is 0. The molecular weight excluding hydrogens is 352 g/mol. The maximum absolute atomic E-state index is 13.3. The number of nitrogens with one attached hydrogen (secondary N) is 2. The molecule has 5 rings (SSSR count). The van der Waals surface area contributed by atoms with Gasteiger partial charge in [0, 0.05) is 31.5 Å². The molecule has 3 fully saturated rings. The van der Waals surface area contributed by atoms with Gasteiger partial charge in [-0.15, -0.1) is 0 Å². The first-order valence-electron chi connectivity index (χ1n) is 10.7. The minimum absolute atomic E-state index is 0.0543. The average Bonchev–Trinajstić information content (AvgIpc) is 3.17. The lowest BCUT2D eigenvalue weighted by molar-refractivity contribution is -0.145. The molecule has 3 unspecified atom stereocenters. The highest BCUT2D eigenvalue weighted by molar-refractivity contribution is 5.87. The van der Waals surface area contributed by atoms with Gasteiger partial charge >= 0.3 is 0 Å². The van der Waals surface area contributed by atoms with Crippen LogP contribution < -0.4 is 5.32 Å². The molecule has 2 aromatic rings. The number of nitrogens with zero attached hydrogens (tertiary/aromatic N) is 2. The molecule has 2 N–H and O–H groups in total. The van der Waals surface area contributed by atoms with Crippen LogP contribution in [0.15, 0.2) is 24.3 Å². The van der Waals surface area contributed by atoms with Gasteiger partial charge in [-0.3, -0.25) is 9.59 Å². The number of imidazole rings is 1. The summed E-state index contributed by atoms with van der Waals surface area (Å²) in [6, 6.07) is 8.32. The molecule has 6 heteroatoms. The zero-order valence-electron chi connectivity index (χ0n) is 16.2. The molecule has 3 heterocycles. The fourth-order valence-corrected chi connectivity index (χ4v) is 5.48. The van der Waals surface area contributed by atoms with Crippen LogP contribution in [0.4, 0.5) is 0 Å². The van der Waals surface area contributed by atoms with E-state index in [2.05, 4.69) is 16.4 Å². The van der Waals surface area contributed by atoms with Crippen LogP contribution in [0.25, 0.3) is 11.0 Å². The Morgan fingerprint density at radius 3 is 2.68 bits per heavy atom. The van der Waals surface area contributed by atoms with Crippen LogP contribution in [-0.4, -0.2) is 45.8 Å². The second-order valence-corrected chi connectivity index (χ2v) is 8.67. The highest BCUT2D eigenvalue weighted by atomic mass is 16.2. The van der Waals surface area contributed by atoms with Gasteiger partial charge in [0.1, 0.15) is 5.82 Å². The molecule has 28 heavy (non-hydrogen) atoms. The minimum Gasteiger partial charge on any atom is -0.353 e. The molecule has 1 saturated carbocycles. The Labute approximate surface area is 165 Å². The molecule has 2 amide bonds. The molecule has 1 aliphatic carbocycles. The Balaban J connectivity index is 1.25. The normalized spacial score (nSPS) is 28.8. The second kappa shape index (κ2) is 7.22. The molecule has 1 aromatic carbocycles. The number of hydrogen-bond acceptors (Lipinski definition) is 3. The number of H-pyrrole nitrogens is 1. The van der Waals surface area contributed by atoms with Crippen LogP contribution in [0.3, 0.4) is 0 Å². The summed E-state index contributed by atoms with van der Waals surface area (Å²) in [5, 5.41) is 3.13. The quantitative estimate of drug-likeness (QED) is 0.841. The van der Waals surface area contributed by atoms with Gasteiger partial charge in [0.2, 0.25) is 11.8 Å². The van der Waals surface area contributed by atoms with Crippen molar-refractivity contribution in [1.82, 2.24) is 20.2 Å². The Bertz CT molecular complexity index is 851. The van der Waals surface area contributed by atoms with Crippen molar-refractivity contribution >= 4 is 22.8 Å². The molecule has 0 bridgehead atoms. The van der Waals surface area contributed by atoms with E-state index in [0.29, 0.717) is 18.3 Å². The molecule has 148 valence electrons. The van der Waals surface area contributed by atoms with E-state index >= 15 is 0 Å². The molecule has 2 saturated heterocycles. The maximum atomic E-state index is 13.3. The highest BCUT2D eigenvalue weighted by Gasteiger charge is 2.43. The SMILES string of the molecule is O=C1CC(C(=O)N2CCC(c3nc4ccccc4[nH]3)CC2)C2CCCCC2N1. The summed E-state index contributed by atoms with van der Waals surface area (Å²) in [5.41, 5.74) is 2.08. The third-order valence-electron chi connectivity index (χ3n) is 7.01. The van der Waals surface area contributed by atoms with E-state index in [0.717, 1.165) is 62.1 Å². The van der Waals surface area contributed by atoms with Crippen LogP contribution in [0.5, 0.6) is 0 Å². The fourth-order valence-electron chi connectivity index (χ4n) is 5.48. The predicted octanol–water partition coefficient (Wildman–Crippen LogP) is 2.96. The Hall–Kier alpha value is -2.37. The minimum atomic E-state index is -0.123. The van der Waals surface area contributed by atoms with Crippen LogP contribution in [-0.2, 0) is 9.59 Å². The molecule has 3 atom stereocenters. The summed E-state index contributed by atoms with van der Waals surface area (Å²) < 4.78 is 0. The summed E-state index contributed by atoms with van der Waals surface area (Å²) in [4.78, 5) is 35.6. The first kappa shape index (κ1) is 17.7. The van der Waals surface area contributed by atoms with Gasteiger partial charge in [-0.2, -0.15) is 0 Å². The molecule has 2 aliphatic heterocycles. The first-order valence-corrected chi connectivity index (χ1v) is 10.7. The van der Waals surface area contributed by atoms with E-state index in [9.17, 15) is 9.59 Å². The number of amides is 2. The number of piperidine rings is 2. The van der Waals surface area contributed by atoms with E-state index < -0.39 is 0 Å². The fraction of sp³-hybridized carbons (Fsp3) is 0.591. The summed E-state index contributed by atoms with van der Waals surface area (Å²) in [6.07, 6.45) is 6.64. The van der Waals surface area contributed by atoms with Crippen LogP contribution >= 0.6 is 0 Å². The first-order chi connectivity index (χ1) is 13.7. The van der Waals surface area contributed by atoms with Gasteiger partial charge in [-0.05, 0) is 43.7 Å². The Kier molecular flexibility index (Phi) is 4.57. The second-order valence-electron chi connectivity index (χ2n) is 8.67. The molecular formula is C22H28N4O2. The number of aromatic nitrogens is 2. The number of fused-ring (bicyclic) bond motifs is 2. The van der Waals surface area contributed by atoms with E-state index in [1.165, 1.54) is 6.42 Å². The van der Waals surface area contributed by atoms with Crippen molar-refractivity contribution in [1.29, 1.82) is 0 Å². The number of carbonyl (C=O) groups is 2. The van der Waals surface area contributed by atoms with Crippen molar-refractivity contribution in [2.75, 3.05) is 13.1 Å². The van der Waals surface area contributed by atoms with Crippen molar-refractivity contribution < 1.29 is 9.59 Å². The third-order valence-corrected chi connectivity index (χ3v) is 7.01. The zero-order chi connectivity index (χ0) is 19.1. The third kappa shape index (κ3) is 3.19. The number of hydrogen-bond donors (Lipinski definition) is 2. The van der Waals surface area contributed by atoms with Gasteiger partial charge in [-0.1, -0.05) is 25.0 Å². The van der Waals surface area contributed by atoms with Gasteiger partial charge in [-0.25, -0.2) is 4.98 Å².